The van der Waals surface area contributed by atoms with Gasteiger partial charge in [0.15, 0.2) is 0 Å². The predicted octanol–water partition coefficient (Wildman–Crippen LogP) is 6.05. The van der Waals surface area contributed by atoms with E-state index in [-0.39, 0.29) is 25.6 Å². The first-order valence-corrected chi connectivity index (χ1v) is 12.2. The highest BCUT2D eigenvalue weighted by Crippen LogP contribution is 2.44. The van der Waals surface area contributed by atoms with Gasteiger partial charge in [-0.05, 0) is 52.6 Å². The van der Waals surface area contributed by atoms with Crippen LogP contribution in [0.4, 0.5) is 4.79 Å². The van der Waals surface area contributed by atoms with E-state index in [9.17, 15) is 14.7 Å². The summed E-state index contributed by atoms with van der Waals surface area (Å²) in [6.45, 7) is 0.246. The number of rotatable bonds is 9. The fraction of sp³-hybridized carbons (Fsp3) is 0.172. The summed E-state index contributed by atoms with van der Waals surface area (Å²) in [5.41, 5.74) is 4.38. The molecule has 5 rings (SSSR count). The van der Waals surface area contributed by atoms with Crippen LogP contribution in [0.3, 0.4) is 0 Å². The van der Waals surface area contributed by atoms with Gasteiger partial charge >= 0.3 is 12.1 Å². The van der Waals surface area contributed by atoms with Gasteiger partial charge < -0.3 is 24.3 Å². The molecule has 37 heavy (non-hydrogen) atoms. The van der Waals surface area contributed by atoms with Crippen molar-refractivity contribution in [3.8, 4) is 16.9 Å². The van der Waals surface area contributed by atoms with E-state index >= 15 is 0 Å². The van der Waals surface area contributed by atoms with Crippen molar-refractivity contribution in [3.63, 3.8) is 0 Å². The summed E-state index contributed by atoms with van der Waals surface area (Å²) in [7, 11) is 0. The van der Waals surface area contributed by atoms with E-state index in [1.54, 1.807) is 36.4 Å². The van der Waals surface area contributed by atoms with Crippen LogP contribution >= 0.6 is 11.6 Å². The summed E-state index contributed by atoms with van der Waals surface area (Å²) in [6.07, 6.45) is -0.846. The van der Waals surface area contributed by atoms with Gasteiger partial charge in [0.05, 0.1) is 0 Å². The van der Waals surface area contributed by atoms with Crippen molar-refractivity contribution in [2.45, 2.75) is 25.0 Å². The maximum Gasteiger partial charge on any atom is 0.407 e. The Balaban J connectivity index is 1.17. The Labute approximate surface area is 218 Å². The summed E-state index contributed by atoms with van der Waals surface area (Å²) in [5, 5.41) is 12.7. The van der Waals surface area contributed by atoms with Crippen molar-refractivity contribution >= 4 is 23.7 Å². The van der Waals surface area contributed by atoms with E-state index in [4.69, 9.17) is 25.5 Å². The fourth-order valence-electron chi connectivity index (χ4n) is 4.50. The van der Waals surface area contributed by atoms with E-state index in [2.05, 4.69) is 5.32 Å². The predicted molar refractivity (Wildman–Crippen MR) is 138 cm³/mol. The van der Waals surface area contributed by atoms with Crippen molar-refractivity contribution in [2.75, 3.05) is 6.61 Å². The largest absolute Gasteiger partial charge is 0.486 e. The number of nitrogens with one attached hydrogen (secondary N) is 1. The normalized spacial score (nSPS) is 12.9. The van der Waals surface area contributed by atoms with Gasteiger partial charge in [-0.1, -0.05) is 66.2 Å². The van der Waals surface area contributed by atoms with E-state index in [1.165, 1.54) is 0 Å². The van der Waals surface area contributed by atoms with Crippen LogP contribution < -0.4 is 10.1 Å². The van der Waals surface area contributed by atoms with E-state index < -0.39 is 18.1 Å². The molecule has 0 bridgehead atoms. The molecule has 1 amide bonds. The third-order valence-electron chi connectivity index (χ3n) is 6.23. The Morgan fingerprint density at radius 2 is 1.59 bits per heavy atom. The number of fused-ring (bicyclic) bond motifs is 3. The molecule has 0 radical (unpaired) electrons. The van der Waals surface area contributed by atoms with Gasteiger partial charge in [-0.25, -0.2) is 9.59 Å². The molecule has 2 N–H and O–H groups in total. The van der Waals surface area contributed by atoms with Crippen molar-refractivity contribution < 1.29 is 28.6 Å². The number of carbonyl (C=O) groups is 2. The lowest BCUT2D eigenvalue weighted by atomic mass is 9.98. The summed E-state index contributed by atoms with van der Waals surface area (Å²) in [4.78, 5) is 24.4. The minimum Gasteiger partial charge on any atom is -0.486 e. The molecule has 0 spiro atoms. The van der Waals surface area contributed by atoms with Gasteiger partial charge in [-0.15, -0.1) is 0 Å². The number of carbonyl (C=O) groups excluding carboxylic acids is 1. The zero-order valence-electron chi connectivity index (χ0n) is 19.7. The average molecular weight is 518 g/mol. The molecule has 0 fully saturated rings. The Kier molecular flexibility index (Phi) is 7.14. The summed E-state index contributed by atoms with van der Waals surface area (Å²) >= 11 is 5.96. The Morgan fingerprint density at radius 3 is 2.27 bits per heavy atom. The van der Waals surface area contributed by atoms with Crippen molar-refractivity contribution in [3.05, 3.63) is 113 Å². The lowest BCUT2D eigenvalue weighted by Crippen LogP contribution is -2.42. The SMILES string of the molecule is O=C(NC(Cc1ccc(COc2cccc(Cl)c2)o1)C(=O)O)OCC1c2ccccc2-c2ccccc21. The molecule has 0 saturated carbocycles. The number of hydrogen-bond donors (Lipinski definition) is 2. The highest BCUT2D eigenvalue weighted by atomic mass is 35.5. The Bertz CT molecular complexity index is 1390. The molecule has 1 aromatic heterocycles. The summed E-state index contributed by atoms with van der Waals surface area (Å²) in [6, 6.07) is 25.1. The standard InChI is InChI=1S/C29H24ClNO6/c30-18-6-5-7-19(14-18)35-16-21-13-12-20(37-21)15-27(28(32)33)31-29(34)36-17-26-24-10-3-1-8-22(24)23-9-2-4-11-25(23)26/h1-14,26-27H,15-17H2,(H,31,34)(H,32,33). The number of carboxylic acid groups (broad SMARTS) is 1. The van der Waals surface area contributed by atoms with Crippen LogP contribution in [0.2, 0.25) is 5.02 Å². The number of hydrogen-bond acceptors (Lipinski definition) is 5. The fourth-order valence-corrected chi connectivity index (χ4v) is 4.68. The van der Waals surface area contributed by atoms with Crippen LogP contribution in [0.5, 0.6) is 5.75 Å². The number of aliphatic carboxylic acids is 1. The number of alkyl carbamates (subject to hydrolysis) is 1. The van der Waals surface area contributed by atoms with E-state index in [0.717, 1.165) is 22.3 Å². The third-order valence-corrected chi connectivity index (χ3v) is 6.47. The number of benzene rings is 3. The van der Waals surface area contributed by atoms with Gasteiger partial charge in [0.25, 0.3) is 0 Å². The molecule has 1 heterocycles. The molecule has 1 atom stereocenters. The second-order valence-electron chi connectivity index (χ2n) is 8.68. The van der Waals surface area contributed by atoms with Gasteiger partial charge in [-0.2, -0.15) is 0 Å². The van der Waals surface area contributed by atoms with Crippen molar-refractivity contribution in [1.82, 2.24) is 5.32 Å². The van der Waals surface area contributed by atoms with Gasteiger partial charge in [0.1, 0.15) is 36.5 Å². The monoisotopic (exact) mass is 517 g/mol. The molecule has 8 heteroatoms. The molecular formula is C29H24ClNO6. The van der Waals surface area contributed by atoms with E-state index in [1.807, 2.05) is 48.5 Å². The zero-order chi connectivity index (χ0) is 25.8. The molecule has 3 aromatic carbocycles. The molecule has 1 aliphatic rings. The average Bonchev–Trinajstić information content (AvgIpc) is 3.48. The van der Waals surface area contributed by atoms with Gasteiger partial charge in [-0.3, -0.25) is 0 Å². The van der Waals surface area contributed by atoms with Crippen molar-refractivity contribution in [2.24, 2.45) is 0 Å². The highest BCUT2D eigenvalue weighted by molar-refractivity contribution is 6.30. The lowest BCUT2D eigenvalue weighted by molar-refractivity contribution is -0.139. The Morgan fingerprint density at radius 1 is 0.919 bits per heavy atom. The second-order valence-corrected chi connectivity index (χ2v) is 9.12. The Hall–Kier alpha value is -4.23. The zero-order valence-corrected chi connectivity index (χ0v) is 20.5. The molecule has 4 aromatic rings. The molecule has 188 valence electrons. The van der Waals surface area contributed by atoms with Crippen LogP contribution in [0.25, 0.3) is 11.1 Å². The topological polar surface area (TPSA) is 98.0 Å². The summed E-state index contributed by atoms with van der Waals surface area (Å²) in [5.74, 6) is 0.192. The van der Waals surface area contributed by atoms with Crippen LogP contribution in [0.15, 0.2) is 89.3 Å². The maximum atomic E-state index is 12.6. The lowest BCUT2D eigenvalue weighted by Gasteiger charge is -2.17. The number of ether oxygens (including phenoxy) is 2. The molecule has 7 nitrogen and oxygen atoms in total. The molecule has 1 unspecified atom stereocenters. The van der Waals surface area contributed by atoms with Crippen LogP contribution in [-0.2, 0) is 22.6 Å². The number of furan rings is 1. The number of amides is 1. The van der Waals surface area contributed by atoms with Crippen LogP contribution in [-0.4, -0.2) is 29.8 Å². The van der Waals surface area contributed by atoms with Crippen LogP contribution in [0, 0.1) is 0 Å². The smallest absolute Gasteiger partial charge is 0.407 e. The molecule has 0 aliphatic heterocycles. The first kappa shape index (κ1) is 24.5. The molecule has 1 aliphatic carbocycles. The van der Waals surface area contributed by atoms with Gasteiger partial charge in [0.2, 0.25) is 0 Å². The quantitative estimate of drug-likeness (QED) is 0.280. The molecular weight excluding hydrogens is 494 g/mol. The van der Waals surface area contributed by atoms with Gasteiger partial charge in [0, 0.05) is 17.4 Å². The molecule has 0 saturated heterocycles. The summed E-state index contributed by atoms with van der Waals surface area (Å²) < 4.78 is 16.8. The van der Waals surface area contributed by atoms with Crippen molar-refractivity contribution in [1.29, 1.82) is 0 Å². The highest BCUT2D eigenvalue weighted by Gasteiger charge is 2.30. The second kappa shape index (κ2) is 10.8. The minimum atomic E-state index is -1.22. The van der Waals surface area contributed by atoms with Crippen LogP contribution in [0.1, 0.15) is 28.6 Å². The minimum absolute atomic E-state index is 0.0449. The number of carboxylic acids is 1. The van der Waals surface area contributed by atoms with E-state index in [0.29, 0.717) is 22.3 Å². The third kappa shape index (κ3) is 5.62. The number of halogens is 1. The maximum absolute atomic E-state index is 12.6. The first-order chi connectivity index (χ1) is 18.0. The first-order valence-electron chi connectivity index (χ1n) is 11.8.